The number of hydrogen-bond acceptors (Lipinski definition) is 9. The number of benzene rings is 1. The Kier molecular flexibility index (Phi) is 5.56. The SMILES string of the molecule is NC1NSc2c1ccc1[nH]c(C(O)C3OCCN(c4cccc(C(F)(F)F)n4)C3=O)nc(=O)c21. The van der Waals surface area contributed by atoms with Crippen LogP contribution in [0.2, 0.25) is 0 Å². The molecule has 0 saturated carbocycles. The van der Waals surface area contributed by atoms with Gasteiger partial charge in [-0.1, -0.05) is 12.1 Å². The first-order valence-electron chi connectivity index (χ1n) is 10.0. The van der Waals surface area contributed by atoms with E-state index in [4.69, 9.17) is 10.5 Å². The summed E-state index contributed by atoms with van der Waals surface area (Å²) in [6.45, 7) is -0.133. The third-order valence-corrected chi connectivity index (χ3v) is 6.52. The summed E-state index contributed by atoms with van der Waals surface area (Å²) in [5, 5.41) is 11.1. The van der Waals surface area contributed by atoms with E-state index in [1.165, 1.54) is 18.0 Å². The van der Waals surface area contributed by atoms with Crippen molar-refractivity contribution in [3.63, 3.8) is 0 Å². The summed E-state index contributed by atoms with van der Waals surface area (Å²) in [7, 11) is 0. The number of halogens is 3. The van der Waals surface area contributed by atoms with E-state index in [9.17, 15) is 27.9 Å². The molecule has 1 amide bonds. The van der Waals surface area contributed by atoms with Crippen molar-refractivity contribution in [2.75, 3.05) is 18.1 Å². The number of carbonyl (C=O) groups excluding carboxylic acids is 1. The highest BCUT2D eigenvalue weighted by atomic mass is 32.2. The summed E-state index contributed by atoms with van der Waals surface area (Å²) in [5.74, 6) is -1.25. The highest BCUT2D eigenvalue weighted by Crippen LogP contribution is 2.36. The zero-order valence-electron chi connectivity index (χ0n) is 17.2. The minimum Gasteiger partial charge on any atom is -0.382 e. The van der Waals surface area contributed by atoms with Gasteiger partial charge in [-0.15, -0.1) is 0 Å². The molecule has 5 rings (SSSR count). The standard InChI is InChI=1S/C20H17F3N6O4S/c21-20(22,23)10-2-1-3-11(26-10)29-6-7-33-14(19(29)32)13(30)17-25-9-5-4-8-15(34-28-16(8)24)12(9)18(31)27-17/h1-5,13-14,16,28,30H,6-7,24H2,(H,25,27,31). The van der Waals surface area contributed by atoms with Crippen LogP contribution >= 0.6 is 11.9 Å². The van der Waals surface area contributed by atoms with Crippen LogP contribution in [-0.4, -0.2) is 45.2 Å². The molecule has 3 aromatic rings. The second-order valence-electron chi connectivity index (χ2n) is 7.64. The van der Waals surface area contributed by atoms with Gasteiger partial charge in [0.2, 0.25) is 0 Å². The van der Waals surface area contributed by atoms with Crippen LogP contribution in [0.4, 0.5) is 19.0 Å². The molecule has 0 radical (unpaired) electrons. The Morgan fingerprint density at radius 3 is 2.79 bits per heavy atom. The largest absolute Gasteiger partial charge is 0.433 e. The van der Waals surface area contributed by atoms with Gasteiger partial charge in [0.15, 0.2) is 6.10 Å². The molecule has 0 aliphatic carbocycles. The number of morpholine rings is 1. The summed E-state index contributed by atoms with van der Waals surface area (Å²) in [6, 6.07) is 6.53. The predicted molar refractivity (Wildman–Crippen MR) is 115 cm³/mol. The average Bonchev–Trinajstić information content (AvgIpc) is 3.18. The van der Waals surface area contributed by atoms with Crippen LogP contribution in [0.3, 0.4) is 0 Å². The van der Waals surface area contributed by atoms with Crippen molar-refractivity contribution in [3.8, 4) is 0 Å². The van der Waals surface area contributed by atoms with E-state index in [-0.39, 0.29) is 30.2 Å². The number of anilines is 1. The number of H-pyrrole nitrogens is 1. The quantitative estimate of drug-likeness (QED) is 0.397. The Balaban J connectivity index is 1.46. The lowest BCUT2D eigenvalue weighted by atomic mass is 10.1. The molecule has 10 nitrogen and oxygen atoms in total. The topological polar surface area (TPSA) is 146 Å². The molecular formula is C20H17F3N6O4S. The van der Waals surface area contributed by atoms with Crippen molar-refractivity contribution >= 4 is 34.6 Å². The minimum atomic E-state index is -4.68. The second-order valence-corrected chi connectivity index (χ2v) is 8.48. The number of ether oxygens (including phenoxy) is 1. The number of nitrogens with one attached hydrogen (secondary N) is 2. The molecule has 5 N–H and O–H groups in total. The normalized spacial score (nSPS) is 21.7. The Bertz CT molecular complexity index is 1350. The predicted octanol–water partition coefficient (Wildman–Crippen LogP) is 1.37. The molecule has 0 bridgehead atoms. The number of aliphatic hydroxyl groups is 1. The Morgan fingerprint density at radius 1 is 1.24 bits per heavy atom. The molecule has 178 valence electrons. The van der Waals surface area contributed by atoms with Gasteiger partial charge in [-0.05, 0) is 35.7 Å². The Labute approximate surface area is 193 Å². The summed E-state index contributed by atoms with van der Waals surface area (Å²) in [4.78, 5) is 37.7. The first-order valence-corrected chi connectivity index (χ1v) is 10.9. The number of rotatable bonds is 3. The third kappa shape index (κ3) is 3.82. The van der Waals surface area contributed by atoms with E-state index in [0.29, 0.717) is 10.4 Å². The third-order valence-electron chi connectivity index (χ3n) is 5.50. The van der Waals surface area contributed by atoms with Crippen LogP contribution < -0.4 is 20.9 Å². The van der Waals surface area contributed by atoms with Gasteiger partial charge in [-0.25, -0.2) is 9.71 Å². The van der Waals surface area contributed by atoms with E-state index in [2.05, 4.69) is 19.7 Å². The number of fused-ring (bicyclic) bond motifs is 3. The van der Waals surface area contributed by atoms with Gasteiger partial charge < -0.3 is 20.6 Å². The number of nitrogens with zero attached hydrogens (tertiary/aromatic N) is 3. The first-order chi connectivity index (χ1) is 16.1. The molecule has 14 heteroatoms. The number of pyridine rings is 1. The summed E-state index contributed by atoms with van der Waals surface area (Å²) in [6.07, 6.45) is -8.32. The molecule has 2 aliphatic heterocycles. The molecule has 2 aliphatic rings. The van der Waals surface area contributed by atoms with Gasteiger partial charge in [0.05, 0.1) is 30.2 Å². The van der Waals surface area contributed by atoms with Crippen molar-refractivity contribution < 1.29 is 27.8 Å². The highest BCUT2D eigenvalue weighted by molar-refractivity contribution is 7.98. The number of aromatic amines is 1. The van der Waals surface area contributed by atoms with Gasteiger partial charge >= 0.3 is 6.18 Å². The van der Waals surface area contributed by atoms with Crippen LogP contribution in [0.1, 0.15) is 29.4 Å². The van der Waals surface area contributed by atoms with Crippen LogP contribution in [0, 0.1) is 0 Å². The Hall–Kier alpha value is -3.04. The van der Waals surface area contributed by atoms with Gasteiger partial charge in [0.25, 0.3) is 11.5 Å². The van der Waals surface area contributed by atoms with Gasteiger partial charge in [-0.2, -0.15) is 18.2 Å². The molecule has 1 fully saturated rings. The number of aliphatic hydroxyl groups excluding tert-OH is 1. The lowest BCUT2D eigenvalue weighted by Crippen LogP contribution is -2.51. The molecule has 1 aromatic carbocycles. The summed E-state index contributed by atoms with van der Waals surface area (Å²) < 4.78 is 47.5. The average molecular weight is 494 g/mol. The van der Waals surface area contributed by atoms with Crippen molar-refractivity contribution in [3.05, 3.63) is 57.8 Å². The fourth-order valence-electron chi connectivity index (χ4n) is 3.86. The number of aromatic nitrogens is 3. The zero-order chi connectivity index (χ0) is 24.2. The molecule has 3 unspecified atom stereocenters. The number of hydrogen-bond donors (Lipinski definition) is 4. The van der Waals surface area contributed by atoms with E-state index in [1.807, 2.05) is 0 Å². The van der Waals surface area contributed by atoms with Crippen molar-refractivity contribution in [1.82, 2.24) is 19.7 Å². The number of alkyl halides is 3. The molecule has 1 saturated heterocycles. The maximum atomic E-state index is 13.0. The first kappa shape index (κ1) is 22.7. The maximum Gasteiger partial charge on any atom is 0.433 e. The van der Waals surface area contributed by atoms with E-state index in [1.54, 1.807) is 12.1 Å². The van der Waals surface area contributed by atoms with Crippen LogP contribution in [0.5, 0.6) is 0 Å². The molecule has 3 atom stereocenters. The fraction of sp³-hybridized carbons (Fsp3) is 0.300. The van der Waals surface area contributed by atoms with Gasteiger partial charge in [-0.3, -0.25) is 14.5 Å². The van der Waals surface area contributed by atoms with Gasteiger partial charge in [0.1, 0.15) is 23.4 Å². The van der Waals surface area contributed by atoms with Gasteiger partial charge in [0, 0.05) is 4.90 Å². The summed E-state index contributed by atoms with van der Waals surface area (Å²) in [5.41, 5.74) is 5.25. The van der Waals surface area contributed by atoms with E-state index in [0.717, 1.165) is 22.6 Å². The minimum absolute atomic E-state index is 0.0609. The summed E-state index contributed by atoms with van der Waals surface area (Å²) >= 11 is 1.19. The number of amides is 1. The van der Waals surface area contributed by atoms with E-state index < -0.39 is 41.7 Å². The number of carbonyl (C=O) groups is 1. The van der Waals surface area contributed by atoms with Crippen molar-refractivity contribution in [1.29, 1.82) is 0 Å². The highest BCUT2D eigenvalue weighted by Gasteiger charge is 2.40. The molecule has 2 aromatic heterocycles. The number of nitrogens with two attached hydrogens (primary N) is 1. The van der Waals surface area contributed by atoms with Crippen molar-refractivity contribution in [2.24, 2.45) is 5.73 Å². The van der Waals surface area contributed by atoms with E-state index >= 15 is 0 Å². The van der Waals surface area contributed by atoms with Crippen LogP contribution in [0.25, 0.3) is 10.9 Å². The van der Waals surface area contributed by atoms with Crippen LogP contribution in [-0.2, 0) is 15.7 Å². The molecule has 0 spiro atoms. The lowest BCUT2D eigenvalue weighted by molar-refractivity contribution is -0.144. The van der Waals surface area contributed by atoms with Crippen molar-refractivity contribution in [2.45, 2.75) is 29.4 Å². The molecular weight excluding hydrogens is 477 g/mol. The monoisotopic (exact) mass is 494 g/mol. The maximum absolute atomic E-state index is 13.0. The molecule has 4 heterocycles. The lowest BCUT2D eigenvalue weighted by Gasteiger charge is -2.33. The Morgan fingerprint density at radius 2 is 2.03 bits per heavy atom. The second kappa shape index (κ2) is 8.32. The van der Waals surface area contributed by atoms with Crippen LogP contribution in [0.15, 0.2) is 40.0 Å². The fourth-order valence-corrected chi connectivity index (χ4v) is 4.85. The zero-order valence-corrected chi connectivity index (χ0v) is 18.0. The molecule has 34 heavy (non-hydrogen) atoms. The smallest absolute Gasteiger partial charge is 0.382 e.